The number of benzene rings is 1. The second kappa shape index (κ2) is 7.38. The summed E-state index contributed by atoms with van der Waals surface area (Å²) in [6, 6.07) is 6.10. The minimum atomic E-state index is -0.888. The maximum atomic E-state index is 11.6. The van der Waals surface area contributed by atoms with Gasteiger partial charge in [0, 0.05) is 32.5 Å². The molecule has 1 aromatic rings. The Morgan fingerprint density at radius 2 is 1.50 bits per heavy atom. The minimum absolute atomic E-state index is 0.156. The largest absolute Gasteiger partial charge is 0.428 e. The molecule has 8 nitrogen and oxygen atoms in total. The van der Waals surface area contributed by atoms with Gasteiger partial charge in [0.05, 0.1) is 16.3 Å². The third-order valence-corrected chi connectivity index (χ3v) is 4.20. The summed E-state index contributed by atoms with van der Waals surface area (Å²) in [5.74, 6) is -1.65. The summed E-state index contributed by atoms with van der Waals surface area (Å²) in [5, 5.41) is 11.5. The first kappa shape index (κ1) is 19.2. The fraction of sp³-hybridized carbons (Fsp3) is 0.333. The van der Waals surface area contributed by atoms with Gasteiger partial charge < -0.3 is 14.4 Å². The van der Waals surface area contributed by atoms with Gasteiger partial charge in [-0.25, -0.2) is 0 Å². The topological polar surface area (TPSA) is 99.0 Å². The van der Waals surface area contributed by atoms with Crippen LogP contribution in [0.1, 0.15) is 39.2 Å². The Morgan fingerprint density at radius 3 is 1.92 bits per heavy atom. The summed E-state index contributed by atoms with van der Waals surface area (Å²) in [5.41, 5.74) is 1.31. The van der Waals surface area contributed by atoms with E-state index < -0.39 is 22.8 Å². The van der Waals surface area contributed by atoms with Gasteiger partial charge in [-0.2, -0.15) is 0 Å². The third-order valence-electron chi connectivity index (χ3n) is 4.20. The van der Waals surface area contributed by atoms with Crippen LogP contribution < -0.4 is 0 Å². The zero-order valence-corrected chi connectivity index (χ0v) is 15.2. The third kappa shape index (κ3) is 3.58. The summed E-state index contributed by atoms with van der Waals surface area (Å²) >= 11 is 0. The number of nitrogens with zero attached hydrogens (tertiary/aromatic N) is 2. The smallest absolute Gasteiger partial charge is 0.307 e. The molecule has 0 amide bonds. The number of hydrogen-bond donors (Lipinski definition) is 0. The van der Waals surface area contributed by atoms with E-state index in [1.54, 1.807) is 44.0 Å². The predicted molar refractivity (Wildman–Crippen MR) is 92.5 cm³/mol. The van der Waals surface area contributed by atoms with Crippen LogP contribution in [0.2, 0.25) is 0 Å². The molecule has 0 bridgehead atoms. The highest BCUT2D eigenvalue weighted by atomic mass is 16.6. The van der Waals surface area contributed by atoms with Gasteiger partial charge >= 0.3 is 11.9 Å². The van der Waals surface area contributed by atoms with Gasteiger partial charge in [0.2, 0.25) is 0 Å². The highest BCUT2D eigenvalue weighted by molar-refractivity contribution is 5.70. The number of esters is 2. The molecule has 2 rings (SSSR count). The monoisotopic (exact) mass is 360 g/mol. The second-order valence-corrected chi connectivity index (χ2v) is 5.89. The molecular formula is C18H20N2O6. The number of rotatable bonds is 4. The molecule has 1 aromatic carbocycles. The van der Waals surface area contributed by atoms with Crippen molar-refractivity contribution in [2.45, 2.75) is 33.6 Å². The Kier molecular flexibility index (Phi) is 5.44. The first-order valence-corrected chi connectivity index (χ1v) is 7.90. The Morgan fingerprint density at radius 1 is 1.04 bits per heavy atom. The highest BCUT2D eigenvalue weighted by Gasteiger charge is 2.39. The zero-order valence-electron chi connectivity index (χ0n) is 15.2. The molecule has 0 saturated heterocycles. The average molecular weight is 360 g/mol. The zero-order chi connectivity index (χ0) is 19.6. The summed E-state index contributed by atoms with van der Waals surface area (Å²) in [4.78, 5) is 36.0. The van der Waals surface area contributed by atoms with E-state index in [1.807, 2.05) is 0 Å². The van der Waals surface area contributed by atoms with Crippen LogP contribution >= 0.6 is 0 Å². The van der Waals surface area contributed by atoms with Gasteiger partial charge in [0.1, 0.15) is 17.4 Å². The molecule has 8 heteroatoms. The van der Waals surface area contributed by atoms with Crippen molar-refractivity contribution in [3.05, 3.63) is 62.9 Å². The van der Waals surface area contributed by atoms with E-state index in [0.29, 0.717) is 11.4 Å². The molecular weight excluding hydrogens is 340 g/mol. The highest BCUT2D eigenvalue weighted by Crippen LogP contribution is 2.44. The van der Waals surface area contributed by atoms with Gasteiger partial charge in [-0.15, -0.1) is 0 Å². The van der Waals surface area contributed by atoms with Crippen molar-refractivity contribution in [2.75, 3.05) is 7.05 Å². The lowest BCUT2D eigenvalue weighted by Crippen LogP contribution is -2.30. The van der Waals surface area contributed by atoms with E-state index in [2.05, 4.69) is 0 Å². The average Bonchev–Trinajstić information content (AvgIpc) is 2.56. The van der Waals surface area contributed by atoms with E-state index in [4.69, 9.17) is 9.47 Å². The Bertz CT molecular complexity index is 800. The van der Waals surface area contributed by atoms with Crippen molar-refractivity contribution >= 4 is 17.6 Å². The van der Waals surface area contributed by atoms with E-state index in [9.17, 15) is 19.7 Å². The molecule has 1 aliphatic rings. The lowest BCUT2D eigenvalue weighted by molar-refractivity contribution is -0.385. The molecule has 0 N–H and O–H groups in total. The summed E-state index contributed by atoms with van der Waals surface area (Å²) in [7, 11) is 1.73. The standard InChI is InChI=1S/C18H20N2O6/c1-10-17(25-12(3)21)16(14-8-6-7-9-15(14)20(23)24)18(26-13(4)22)11(2)19(10)5/h6-9,16H,1-5H3. The normalized spacial score (nSPS) is 15.2. The molecule has 0 unspecified atom stereocenters. The Balaban J connectivity index is 2.77. The van der Waals surface area contributed by atoms with E-state index in [0.717, 1.165) is 0 Å². The fourth-order valence-electron chi connectivity index (χ4n) is 2.87. The summed E-state index contributed by atoms with van der Waals surface area (Å²) in [6.07, 6.45) is 0. The Hall–Kier alpha value is -3.16. The number of ether oxygens (including phenoxy) is 2. The van der Waals surface area contributed by atoms with Crippen LogP contribution in [-0.4, -0.2) is 28.8 Å². The lowest BCUT2D eigenvalue weighted by Gasteiger charge is -2.35. The van der Waals surface area contributed by atoms with Gasteiger partial charge in [-0.05, 0) is 13.8 Å². The van der Waals surface area contributed by atoms with Crippen LogP contribution in [-0.2, 0) is 19.1 Å². The fourth-order valence-corrected chi connectivity index (χ4v) is 2.87. The molecule has 0 fully saturated rings. The lowest BCUT2D eigenvalue weighted by atomic mass is 9.88. The van der Waals surface area contributed by atoms with E-state index >= 15 is 0 Å². The van der Waals surface area contributed by atoms with Crippen LogP contribution in [0.3, 0.4) is 0 Å². The van der Waals surface area contributed by atoms with Gasteiger partial charge in [-0.1, -0.05) is 18.2 Å². The quantitative estimate of drug-likeness (QED) is 0.462. The number of carbonyl (C=O) groups is 2. The molecule has 0 saturated carbocycles. The molecule has 0 atom stereocenters. The predicted octanol–water partition coefficient (Wildman–Crippen LogP) is 3.21. The summed E-state index contributed by atoms with van der Waals surface area (Å²) in [6.45, 7) is 5.95. The van der Waals surface area contributed by atoms with Crippen molar-refractivity contribution in [3.8, 4) is 0 Å². The number of nitro groups is 1. The van der Waals surface area contributed by atoms with Crippen molar-refractivity contribution in [2.24, 2.45) is 0 Å². The number of carbonyl (C=O) groups excluding carboxylic acids is 2. The molecule has 0 radical (unpaired) electrons. The molecule has 1 aliphatic heterocycles. The van der Waals surface area contributed by atoms with Crippen molar-refractivity contribution < 1.29 is 24.0 Å². The molecule has 26 heavy (non-hydrogen) atoms. The van der Waals surface area contributed by atoms with E-state index in [1.165, 1.54) is 19.9 Å². The molecule has 0 spiro atoms. The van der Waals surface area contributed by atoms with Gasteiger partial charge in [0.15, 0.2) is 0 Å². The minimum Gasteiger partial charge on any atom is -0.428 e. The van der Waals surface area contributed by atoms with Gasteiger partial charge in [0.25, 0.3) is 5.69 Å². The second-order valence-electron chi connectivity index (χ2n) is 5.89. The number of nitro benzene ring substituents is 1. The molecule has 138 valence electrons. The molecule has 0 aromatic heterocycles. The molecule has 0 aliphatic carbocycles. The van der Waals surface area contributed by atoms with Crippen molar-refractivity contribution in [3.63, 3.8) is 0 Å². The van der Waals surface area contributed by atoms with E-state index in [-0.39, 0.29) is 22.8 Å². The van der Waals surface area contributed by atoms with Crippen LogP contribution in [0.25, 0.3) is 0 Å². The van der Waals surface area contributed by atoms with Crippen LogP contribution in [0, 0.1) is 10.1 Å². The molecule has 1 heterocycles. The van der Waals surface area contributed by atoms with Gasteiger partial charge in [-0.3, -0.25) is 19.7 Å². The van der Waals surface area contributed by atoms with Crippen LogP contribution in [0.4, 0.5) is 5.69 Å². The first-order valence-electron chi connectivity index (χ1n) is 7.90. The maximum Gasteiger partial charge on any atom is 0.307 e. The number of hydrogen-bond acceptors (Lipinski definition) is 7. The summed E-state index contributed by atoms with van der Waals surface area (Å²) < 4.78 is 10.8. The van der Waals surface area contributed by atoms with Crippen LogP contribution in [0.15, 0.2) is 47.2 Å². The first-order chi connectivity index (χ1) is 12.1. The Labute approximate surface area is 150 Å². The van der Waals surface area contributed by atoms with Crippen molar-refractivity contribution in [1.29, 1.82) is 0 Å². The number of allylic oxidation sites excluding steroid dienone is 2. The maximum absolute atomic E-state index is 11.6. The van der Waals surface area contributed by atoms with Crippen LogP contribution in [0.5, 0.6) is 0 Å². The SMILES string of the molecule is CC(=O)OC1=C(C)N(C)C(C)=C(OC(C)=O)C1c1ccccc1[N+](=O)[O-]. The number of para-hydroxylation sites is 1. The van der Waals surface area contributed by atoms with Crippen molar-refractivity contribution in [1.82, 2.24) is 4.90 Å².